The number of carbonyl (C=O) groups is 2. The molecule has 0 amide bonds. The zero-order valence-corrected chi connectivity index (χ0v) is 33.4. The van der Waals surface area contributed by atoms with Gasteiger partial charge in [-0.3, -0.25) is 0 Å². The van der Waals surface area contributed by atoms with Crippen molar-refractivity contribution in [2.75, 3.05) is 20.0 Å². The Bertz CT molecular complexity index is 1690. The number of dihydropyridines is 1. The second-order valence-electron chi connectivity index (χ2n) is 14.3. The minimum absolute atomic E-state index is 0.115. The third-order valence-electron chi connectivity index (χ3n) is 9.78. The first-order valence-electron chi connectivity index (χ1n) is 19.4. The van der Waals surface area contributed by atoms with Crippen molar-refractivity contribution in [2.24, 2.45) is 0 Å². The summed E-state index contributed by atoms with van der Waals surface area (Å²) in [6, 6.07) is 12.2. The Balaban J connectivity index is 1.58. The molecule has 2 aromatic carbocycles. The molecule has 0 fully saturated rings. The molecule has 2 heterocycles. The number of H-pyrrole nitrogens is 1. The van der Waals surface area contributed by atoms with Crippen LogP contribution in [0.15, 0.2) is 64.1 Å². The molecule has 1 aromatic heterocycles. The van der Waals surface area contributed by atoms with Crippen molar-refractivity contribution < 1.29 is 23.8 Å². The van der Waals surface area contributed by atoms with Gasteiger partial charge in [-0.1, -0.05) is 114 Å². The molecule has 0 bridgehead atoms. The van der Waals surface area contributed by atoms with Gasteiger partial charge in [0.1, 0.15) is 5.75 Å². The van der Waals surface area contributed by atoms with Crippen molar-refractivity contribution in [1.82, 2.24) is 15.3 Å². The monoisotopic (exact) mass is 731 g/mol. The number of ether oxygens (including phenoxy) is 3. The average molecular weight is 732 g/mol. The van der Waals surface area contributed by atoms with E-state index in [-0.39, 0.29) is 6.10 Å². The highest BCUT2D eigenvalue weighted by molar-refractivity contribution is 7.99. The number of carbonyl (C=O) groups excluding carboxylic acids is 2. The maximum Gasteiger partial charge on any atom is 0.336 e. The molecule has 1 aliphatic heterocycles. The summed E-state index contributed by atoms with van der Waals surface area (Å²) in [7, 11) is 2.76. The van der Waals surface area contributed by atoms with Gasteiger partial charge in [-0.15, -0.1) is 0 Å². The van der Waals surface area contributed by atoms with Gasteiger partial charge in [0.2, 0.25) is 0 Å². The van der Waals surface area contributed by atoms with Gasteiger partial charge in [0.05, 0.1) is 48.4 Å². The third-order valence-corrected chi connectivity index (χ3v) is 10.7. The van der Waals surface area contributed by atoms with Gasteiger partial charge < -0.3 is 24.5 Å². The predicted octanol–water partition coefficient (Wildman–Crippen LogP) is 10.6. The first-order valence-corrected chi connectivity index (χ1v) is 20.4. The van der Waals surface area contributed by atoms with Gasteiger partial charge in [0.15, 0.2) is 5.16 Å². The van der Waals surface area contributed by atoms with Gasteiger partial charge in [-0.2, -0.15) is 0 Å². The van der Waals surface area contributed by atoms with Crippen molar-refractivity contribution in [3.63, 3.8) is 0 Å². The number of allylic oxidation sites excluding steroid dienone is 1. The van der Waals surface area contributed by atoms with E-state index in [1.807, 2.05) is 45.0 Å². The van der Waals surface area contributed by atoms with E-state index in [1.54, 1.807) is 0 Å². The summed E-state index contributed by atoms with van der Waals surface area (Å²) in [6.45, 7) is 10.2. The van der Waals surface area contributed by atoms with Crippen molar-refractivity contribution in [3.8, 4) is 5.75 Å². The summed E-state index contributed by atoms with van der Waals surface area (Å²) >= 11 is 1.49. The summed E-state index contributed by atoms with van der Waals surface area (Å²) in [4.78, 5) is 35.6. The molecule has 0 spiro atoms. The van der Waals surface area contributed by atoms with Crippen LogP contribution in [0.2, 0.25) is 0 Å². The number of fused-ring (bicyclic) bond motifs is 1. The smallest absolute Gasteiger partial charge is 0.336 e. The number of hydrogen-bond donors (Lipinski definition) is 2. The standard InChI is InChI=1S/C43H61N3O5S/c1-8-9-10-11-12-13-14-15-16-17-18-19-20-22-32-23-21-24-36(51-29(2)3)38(32)40-37(41(47)49-6)31(5)44-35(39(40)42(48)50-7)28-52-43-45-33-26-25-30(4)27-34(33)46-43/h21,23-27,29,40,44H,8-20,22,28H2,1-7H3,(H,45,46). The van der Waals surface area contributed by atoms with Gasteiger partial charge in [-0.05, 0) is 69.9 Å². The summed E-state index contributed by atoms with van der Waals surface area (Å²) in [5.74, 6) is -0.700. The summed E-state index contributed by atoms with van der Waals surface area (Å²) < 4.78 is 17.2. The number of thioether (sulfide) groups is 1. The molecular formula is C43H61N3O5S. The van der Waals surface area contributed by atoms with Crippen LogP contribution in [0.25, 0.3) is 11.0 Å². The molecule has 0 saturated heterocycles. The number of hydrogen-bond acceptors (Lipinski definition) is 8. The number of aromatic nitrogens is 2. The van der Waals surface area contributed by atoms with Gasteiger partial charge in [0.25, 0.3) is 0 Å². The lowest BCUT2D eigenvalue weighted by molar-refractivity contribution is -0.137. The van der Waals surface area contributed by atoms with Crippen LogP contribution in [0.5, 0.6) is 5.75 Å². The average Bonchev–Trinajstić information content (AvgIpc) is 3.53. The van der Waals surface area contributed by atoms with Crippen LogP contribution in [-0.4, -0.2) is 48.0 Å². The second kappa shape index (κ2) is 21.1. The second-order valence-corrected chi connectivity index (χ2v) is 15.3. The van der Waals surface area contributed by atoms with Crippen molar-refractivity contribution in [1.29, 1.82) is 0 Å². The number of nitrogens with one attached hydrogen (secondary N) is 2. The summed E-state index contributed by atoms with van der Waals surface area (Å²) in [5, 5.41) is 4.13. The van der Waals surface area contributed by atoms with E-state index >= 15 is 0 Å². The summed E-state index contributed by atoms with van der Waals surface area (Å²) in [5.41, 5.74) is 6.91. The minimum atomic E-state index is -0.748. The molecule has 1 atom stereocenters. The first-order chi connectivity index (χ1) is 25.2. The van der Waals surface area contributed by atoms with E-state index in [0.29, 0.717) is 34.0 Å². The molecule has 0 aliphatic carbocycles. The Morgan fingerprint density at radius 1 is 0.827 bits per heavy atom. The lowest BCUT2D eigenvalue weighted by Crippen LogP contribution is -2.34. The Hall–Kier alpha value is -3.72. The van der Waals surface area contributed by atoms with E-state index in [2.05, 4.69) is 36.3 Å². The highest BCUT2D eigenvalue weighted by Gasteiger charge is 2.41. The van der Waals surface area contributed by atoms with Crippen LogP contribution in [0.4, 0.5) is 0 Å². The van der Waals surface area contributed by atoms with Crippen molar-refractivity contribution >= 4 is 34.7 Å². The fourth-order valence-corrected chi connectivity index (χ4v) is 8.02. The molecule has 9 heteroatoms. The molecule has 1 unspecified atom stereocenters. The van der Waals surface area contributed by atoms with E-state index in [4.69, 9.17) is 19.2 Å². The Labute approximate surface area is 315 Å². The normalized spacial score (nSPS) is 14.7. The maximum absolute atomic E-state index is 13.9. The third kappa shape index (κ3) is 11.4. The Morgan fingerprint density at radius 3 is 2.06 bits per heavy atom. The fraction of sp³-hybridized carbons (Fsp3) is 0.558. The fourth-order valence-electron chi connectivity index (χ4n) is 7.16. The highest BCUT2D eigenvalue weighted by atomic mass is 32.2. The lowest BCUT2D eigenvalue weighted by atomic mass is 9.77. The minimum Gasteiger partial charge on any atom is -0.491 e. The topological polar surface area (TPSA) is 103 Å². The summed E-state index contributed by atoms with van der Waals surface area (Å²) in [6.07, 6.45) is 17.4. The predicted molar refractivity (Wildman–Crippen MR) is 213 cm³/mol. The van der Waals surface area contributed by atoms with Gasteiger partial charge in [-0.25, -0.2) is 14.6 Å². The number of benzene rings is 2. The molecule has 0 radical (unpaired) electrons. The van der Waals surface area contributed by atoms with Crippen molar-refractivity contribution in [2.45, 2.75) is 142 Å². The number of imidazole rings is 1. The van der Waals surface area contributed by atoms with E-state index < -0.39 is 17.9 Å². The van der Waals surface area contributed by atoms with Crippen LogP contribution in [0.3, 0.4) is 0 Å². The molecule has 284 valence electrons. The first kappa shape index (κ1) is 41.0. The van der Waals surface area contributed by atoms with Crippen LogP contribution in [0.1, 0.15) is 134 Å². The number of aryl methyl sites for hydroxylation is 2. The van der Waals surface area contributed by atoms with Crippen molar-refractivity contribution in [3.05, 3.63) is 75.6 Å². The number of nitrogens with zero attached hydrogens (tertiary/aromatic N) is 1. The molecule has 4 rings (SSSR count). The Kier molecular flexibility index (Phi) is 16.7. The number of rotatable bonds is 22. The number of aromatic amines is 1. The number of unbranched alkanes of at least 4 members (excludes halogenated alkanes) is 12. The van der Waals surface area contributed by atoms with Crippen LogP contribution in [-0.2, 0) is 25.5 Å². The molecule has 52 heavy (non-hydrogen) atoms. The quantitative estimate of drug-likeness (QED) is 0.0598. The zero-order valence-electron chi connectivity index (χ0n) is 32.6. The molecule has 3 aromatic rings. The zero-order chi connectivity index (χ0) is 37.5. The molecule has 8 nitrogen and oxygen atoms in total. The lowest BCUT2D eigenvalue weighted by Gasteiger charge is -2.33. The molecule has 0 saturated carbocycles. The van der Waals surface area contributed by atoms with E-state index in [1.165, 1.54) is 96.6 Å². The molecular weight excluding hydrogens is 671 g/mol. The van der Waals surface area contributed by atoms with Crippen LogP contribution in [0, 0.1) is 6.92 Å². The largest absolute Gasteiger partial charge is 0.491 e. The number of esters is 2. The van der Waals surface area contributed by atoms with Crippen LogP contribution < -0.4 is 10.1 Å². The van der Waals surface area contributed by atoms with Gasteiger partial charge in [0, 0.05) is 22.7 Å². The Morgan fingerprint density at radius 2 is 1.44 bits per heavy atom. The van der Waals surface area contributed by atoms with E-state index in [9.17, 15) is 9.59 Å². The molecule has 1 aliphatic rings. The highest BCUT2D eigenvalue weighted by Crippen LogP contribution is 2.45. The maximum atomic E-state index is 13.9. The SMILES string of the molecule is CCCCCCCCCCCCCCCc1cccc(OC(C)C)c1C1C(C(=O)OC)=C(C)NC(CSc2nc3ccc(C)cc3[nH]2)=C1C(=O)OC. The molecule has 2 N–H and O–H groups in total. The van der Waals surface area contributed by atoms with Crippen LogP contribution >= 0.6 is 11.8 Å². The van der Waals surface area contributed by atoms with E-state index in [0.717, 1.165) is 52.1 Å². The number of methoxy groups -OCH3 is 2. The van der Waals surface area contributed by atoms with Gasteiger partial charge >= 0.3 is 11.9 Å².